The van der Waals surface area contributed by atoms with Gasteiger partial charge in [0.25, 0.3) is 0 Å². The Labute approximate surface area is 151 Å². The van der Waals surface area contributed by atoms with Crippen LogP contribution in [0.4, 0.5) is 0 Å². The van der Waals surface area contributed by atoms with Gasteiger partial charge in [0, 0.05) is 37.9 Å². The Morgan fingerprint density at radius 3 is 2.56 bits per heavy atom. The van der Waals surface area contributed by atoms with Crippen molar-refractivity contribution in [1.82, 2.24) is 24.5 Å². The molecule has 2 aliphatic rings. The van der Waals surface area contributed by atoms with Gasteiger partial charge in [-0.25, -0.2) is 0 Å². The molecule has 3 rings (SSSR count). The van der Waals surface area contributed by atoms with E-state index in [2.05, 4.69) is 51.3 Å². The Bertz CT molecular complexity index is 591. The van der Waals surface area contributed by atoms with E-state index in [0.29, 0.717) is 11.9 Å². The van der Waals surface area contributed by atoms with Crippen molar-refractivity contribution in [1.29, 1.82) is 0 Å². The van der Waals surface area contributed by atoms with Gasteiger partial charge in [-0.15, -0.1) is 0 Å². The van der Waals surface area contributed by atoms with Crippen molar-refractivity contribution in [3.63, 3.8) is 0 Å². The first-order valence-corrected chi connectivity index (χ1v) is 9.77. The number of rotatable bonds is 5. The van der Waals surface area contributed by atoms with Crippen LogP contribution in [0.5, 0.6) is 0 Å². The zero-order valence-corrected chi connectivity index (χ0v) is 16.2. The molecule has 1 amide bonds. The molecule has 0 aromatic carbocycles. The quantitative estimate of drug-likeness (QED) is 0.810. The first-order valence-electron chi connectivity index (χ1n) is 9.77. The predicted octanol–water partition coefficient (Wildman–Crippen LogP) is 1.52. The molecule has 0 N–H and O–H groups in total. The number of likely N-dealkylation sites (tertiary alicyclic amines) is 1. The van der Waals surface area contributed by atoms with Crippen LogP contribution in [0, 0.1) is 13.8 Å². The van der Waals surface area contributed by atoms with Gasteiger partial charge >= 0.3 is 0 Å². The third-order valence-corrected chi connectivity index (χ3v) is 5.90. The van der Waals surface area contributed by atoms with Crippen molar-refractivity contribution in [3.8, 4) is 0 Å². The van der Waals surface area contributed by atoms with Crippen LogP contribution in [0.15, 0.2) is 6.07 Å². The summed E-state index contributed by atoms with van der Waals surface area (Å²) in [6.45, 7) is 15.2. The molecular weight excluding hydrogens is 314 g/mol. The summed E-state index contributed by atoms with van der Waals surface area (Å²) in [4.78, 5) is 19.9. The fourth-order valence-corrected chi connectivity index (χ4v) is 4.31. The summed E-state index contributed by atoms with van der Waals surface area (Å²) in [5.41, 5.74) is 2.28. The normalized spacial score (nSPS) is 24.0. The molecule has 1 aromatic heterocycles. The minimum Gasteiger partial charge on any atom is -0.339 e. The lowest BCUT2D eigenvalue weighted by Gasteiger charge is -2.38. The number of piperazine rings is 1. The van der Waals surface area contributed by atoms with Crippen molar-refractivity contribution in [3.05, 3.63) is 17.5 Å². The number of carbonyl (C=O) groups excluding carboxylic acids is 1. The topological polar surface area (TPSA) is 44.6 Å². The smallest absolute Gasteiger partial charge is 0.239 e. The fourth-order valence-electron chi connectivity index (χ4n) is 4.31. The van der Waals surface area contributed by atoms with Crippen molar-refractivity contribution in [2.75, 3.05) is 39.3 Å². The van der Waals surface area contributed by atoms with Crippen molar-refractivity contribution >= 4 is 5.91 Å². The maximum Gasteiger partial charge on any atom is 0.239 e. The fraction of sp³-hybridized carbons (Fsp3) is 0.789. The molecule has 2 saturated heterocycles. The third-order valence-electron chi connectivity index (χ3n) is 5.90. The molecule has 2 atom stereocenters. The number of likely N-dealkylation sites (N-methyl/N-ethyl adjacent to an activating group) is 1. The second-order valence-corrected chi connectivity index (χ2v) is 7.58. The van der Waals surface area contributed by atoms with E-state index >= 15 is 0 Å². The summed E-state index contributed by atoms with van der Waals surface area (Å²) in [7, 11) is 0. The van der Waals surface area contributed by atoms with E-state index in [4.69, 9.17) is 0 Å². The molecule has 3 heterocycles. The number of hydrogen-bond donors (Lipinski definition) is 0. The standard InChI is InChI=1S/C19H33N5O/c1-5-21-9-11-22(12-10-21)19(25)17(4)23-8-6-7-18(23)14-24-16(3)13-15(2)20-24/h13,17-18H,5-12,14H2,1-4H3/t17-,18-/m1/s1. The molecule has 0 spiro atoms. The van der Waals surface area contributed by atoms with Gasteiger partial charge in [0.15, 0.2) is 0 Å². The van der Waals surface area contributed by atoms with Gasteiger partial charge in [-0.3, -0.25) is 14.4 Å². The van der Waals surface area contributed by atoms with Crippen LogP contribution in [0.25, 0.3) is 0 Å². The molecule has 0 aliphatic carbocycles. The largest absolute Gasteiger partial charge is 0.339 e. The number of nitrogens with zero attached hydrogens (tertiary/aromatic N) is 5. The molecule has 0 bridgehead atoms. The Morgan fingerprint density at radius 2 is 1.96 bits per heavy atom. The summed E-state index contributed by atoms with van der Waals surface area (Å²) in [6, 6.07) is 2.51. The Hall–Kier alpha value is -1.40. The molecular formula is C19H33N5O. The molecule has 6 heteroatoms. The predicted molar refractivity (Wildman–Crippen MR) is 99.6 cm³/mol. The van der Waals surface area contributed by atoms with E-state index in [9.17, 15) is 4.79 Å². The number of aryl methyl sites for hydroxylation is 2. The molecule has 0 unspecified atom stereocenters. The molecule has 2 aliphatic heterocycles. The minimum absolute atomic E-state index is 0.0300. The first-order chi connectivity index (χ1) is 12.0. The van der Waals surface area contributed by atoms with Crippen molar-refractivity contribution < 1.29 is 4.79 Å². The summed E-state index contributed by atoms with van der Waals surface area (Å²) in [6.07, 6.45) is 2.32. The molecule has 140 valence electrons. The highest BCUT2D eigenvalue weighted by molar-refractivity contribution is 5.81. The zero-order valence-electron chi connectivity index (χ0n) is 16.2. The average molecular weight is 348 g/mol. The lowest BCUT2D eigenvalue weighted by atomic mass is 10.1. The summed E-state index contributed by atoms with van der Waals surface area (Å²) in [5, 5.41) is 4.61. The average Bonchev–Trinajstić information content (AvgIpc) is 3.20. The third kappa shape index (κ3) is 4.06. The highest BCUT2D eigenvalue weighted by Gasteiger charge is 2.35. The monoisotopic (exact) mass is 347 g/mol. The van der Waals surface area contributed by atoms with Crippen molar-refractivity contribution in [2.24, 2.45) is 0 Å². The van der Waals surface area contributed by atoms with Gasteiger partial charge < -0.3 is 9.80 Å². The molecule has 6 nitrogen and oxygen atoms in total. The van der Waals surface area contributed by atoms with E-state index in [0.717, 1.165) is 57.9 Å². The van der Waals surface area contributed by atoms with Gasteiger partial charge in [0.1, 0.15) is 0 Å². The SMILES string of the molecule is CCN1CCN(C(=O)[C@@H](C)N2CCC[C@@H]2Cn2nc(C)cc2C)CC1. The van der Waals surface area contributed by atoms with Gasteiger partial charge in [0.05, 0.1) is 18.3 Å². The number of carbonyl (C=O) groups is 1. The van der Waals surface area contributed by atoms with E-state index in [1.165, 1.54) is 12.1 Å². The van der Waals surface area contributed by atoms with Crippen LogP contribution in [-0.2, 0) is 11.3 Å². The van der Waals surface area contributed by atoms with Crippen LogP contribution >= 0.6 is 0 Å². The van der Waals surface area contributed by atoms with Gasteiger partial charge in [-0.1, -0.05) is 6.92 Å². The molecule has 0 radical (unpaired) electrons. The highest BCUT2D eigenvalue weighted by Crippen LogP contribution is 2.23. The van der Waals surface area contributed by atoms with E-state index in [1.807, 2.05) is 6.92 Å². The lowest BCUT2D eigenvalue weighted by Crippen LogP contribution is -2.55. The number of hydrogen-bond acceptors (Lipinski definition) is 4. The molecule has 2 fully saturated rings. The molecule has 25 heavy (non-hydrogen) atoms. The Balaban J connectivity index is 1.61. The van der Waals surface area contributed by atoms with Gasteiger partial charge in [0.2, 0.25) is 5.91 Å². The second kappa shape index (κ2) is 7.87. The maximum atomic E-state index is 13.0. The van der Waals surface area contributed by atoms with Crippen LogP contribution in [0.2, 0.25) is 0 Å². The van der Waals surface area contributed by atoms with E-state index < -0.39 is 0 Å². The van der Waals surface area contributed by atoms with Crippen LogP contribution < -0.4 is 0 Å². The minimum atomic E-state index is -0.0300. The number of aromatic nitrogens is 2. The number of amides is 1. The first kappa shape index (κ1) is 18.4. The summed E-state index contributed by atoms with van der Waals surface area (Å²) < 4.78 is 2.11. The second-order valence-electron chi connectivity index (χ2n) is 7.58. The van der Waals surface area contributed by atoms with Crippen LogP contribution in [0.1, 0.15) is 38.1 Å². The van der Waals surface area contributed by atoms with Crippen LogP contribution in [0.3, 0.4) is 0 Å². The molecule has 1 aromatic rings. The van der Waals surface area contributed by atoms with Crippen molar-refractivity contribution in [2.45, 2.75) is 59.2 Å². The lowest BCUT2D eigenvalue weighted by molar-refractivity contribution is -0.138. The van der Waals surface area contributed by atoms with E-state index in [-0.39, 0.29) is 6.04 Å². The Morgan fingerprint density at radius 1 is 1.24 bits per heavy atom. The Kier molecular flexibility index (Phi) is 5.79. The van der Waals surface area contributed by atoms with Gasteiger partial charge in [-0.2, -0.15) is 5.10 Å². The van der Waals surface area contributed by atoms with E-state index in [1.54, 1.807) is 0 Å². The summed E-state index contributed by atoms with van der Waals surface area (Å²) in [5.74, 6) is 0.302. The summed E-state index contributed by atoms with van der Waals surface area (Å²) >= 11 is 0. The zero-order chi connectivity index (χ0) is 18.0. The maximum absolute atomic E-state index is 13.0. The highest BCUT2D eigenvalue weighted by atomic mass is 16.2. The van der Waals surface area contributed by atoms with Gasteiger partial charge in [-0.05, 0) is 52.8 Å². The molecule has 0 saturated carbocycles. The van der Waals surface area contributed by atoms with Crippen LogP contribution in [-0.4, -0.2) is 81.7 Å².